The van der Waals surface area contributed by atoms with Gasteiger partial charge in [-0.15, -0.1) is 0 Å². The van der Waals surface area contributed by atoms with Crippen LogP contribution in [0.3, 0.4) is 0 Å². The second-order valence-corrected chi connectivity index (χ2v) is 2.47. The third-order valence-corrected chi connectivity index (χ3v) is 1.65. The molecule has 0 saturated heterocycles. The van der Waals surface area contributed by atoms with E-state index >= 15 is 0 Å². The summed E-state index contributed by atoms with van der Waals surface area (Å²) in [5, 5.41) is 4.62. The highest BCUT2D eigenvalue weighted by Crippen LogP contribution is 2.26. The molecule has 0 bridgehead atoms. The van der Waals surface area contributed by atoms with E-state index in [9.17, 15) is 0 Å². The van der Waals surface area contributed by atoms with E-state index in [1.807, 2.05) is 0 Å². The summed E-state index contributed by atoms with van der Waals surface area (Å²) in [6.45, 7) is 0. The van der Waals surface area contributed by atoms with Gasteiger partial charge < -0.3 is 10.3 Å². The lowest BCUT2D eigenvalue weighted by atomic mass is 10.3. The molecule has 2 aromatic rings. The molecule has 0 aromatic carbocycles. The van der Waals surface area contributed by atoms with Crippen LogP contribution in [0.2, 0.25) is 5.02 Å². The summed E-state index contributed by atoms with van der Waals surface area (Å²) in [4.78, 5) is 3.80. The Kier molecular flexibility index (Phi) is 1.22. The molecule has 0 saturated carbocycles. The minimum atomic E-state index is 0.299. The van der Waals surface area contributed by atoms with Crippen LogP contribution in [0.1, 0.15) is 0 Å². The third kappa shape index (κ3) is 0.832. The molecule has 0 aliphatic rings. The highest BCUT2D eigenvalue weighted by atomic mass is 35.5. The van der Waals surface area contributed by atoms with E-state index in [0.717, 1.165) is 0 Å². The highest BCUT2D eigenvalue weighted by molar-refractivity contribution is 6.36. The molecule has 2 N–H and O–H groups in total. The molecule has 0 radical (unpaired) electrons. The molecule has 0 fully saturated rings. The summed E-state index contributed by atoms with van der Waals surface area (Å²) >= 11 is 5.76. The summed E-state index contributed by atoms with van der Waals surface area (Å²) in [5.74, 6) is 0.299. The molecular weight excluding hydrogens is 166 g/mol. The standard InChI is InChI=1S/C6H4ClN3O/c7-3-1-9-2-4-5(3)6(8)10-11-4/h1-2H,(H2,8,10). The molecule has 0 unspecified atom stereocenters. The van der Waals surface area contributed by atoms with Gasteiger partial charge in [-0.05, 0) is 0 Å². The van der Waals surface area contributed by atoms with Crippen molar-refractivity contribution in [2.45, 2.75) is 0 Å². The van der Waals surface area contributed by atoms with Crippen molar-refractivity contribution in [2.24, 2.45) is 0 Å². The van der Waals surface area contributed by atoms with Gasteiger partial charge in [0.05, 0.1) is 16.6 Å². The average Bonchev–Trinajstić information content (AvgIpc) is 2.34. The monoisotopic (exact) mass is 169 g/mol. The van der Waals surface area contributed by atoms with Crippen LogP contribution < -0.4 is 5.73 Å². The zero-order valence-corrected chi connectivity index (χ0v) is 6.17. The molecule has 0 aliphatic carbocycles. The Bertz CT molecular complexity index is 398. The van der Waals surface area contributed by atoms with Crippen LogP contribution in [0.25, 0.3) is 11.0 Å². The van der Waals surface area contributed by atoms with Gasteiger partial charge in [0, 0.05) is 6.20 Å². The van der Waals surface area contributed by atoms with Gasteiger partial charge in [0.1, 0.15) is 0 Å². The Morgan fingerprint density at radius 1 is 1.45 bits per heavy atom. The minimum Gasteiger partial charge on any atom is -0.380 e. The molecule has 2 rings (SSSR count). The van der Waals surface area contributed by atoms with E-state index < -0.39 is 0 Å². The second kappa shape index (κ2) is 2.10. The van der Waals surface area contributed by atoms with Crippen LogP contribution in [-0.4, -0.2) is 10.1 Å². The lowest BCUT2D eigenvalue weighted by Gasteiger charge is -1.88. The topological polar surface area (TPSA) is 64.9 Å². The van der Waals surface area contributed by atoms with E-state index in [0.29, 0.717) is 21.8 Å². The van der Waals surface area contributed by atoms with Crippen LogP contribution in [0.5, 0.6) is 0 Å². The summed E-state index contributed by atoms with van der Waals surface area (Å²) in [6, 6.07) is 0. The summed E-state index contributed by atoms with van der Waals surface area (Å²) in [6.07, 6.45) is 3.02. The van der Waals surface area contributed by atoms with Crippen molar-refractivity contribution in [1.29, 1.82) is 0 Å². The first kappa shape index (κ1) is 6.42. The van der Waals surface area contributed by atoms with E-state index in [1.54, 1.807) is 0 Å². The number of hydrogen-bond donors (Lipinski definition) is 1. The number of nitrogens with two attached hydrogens (primary N) is 1. The predicted molar refractivity (Wildman–Crippen MR) is 41.2 cm³/mol. The number of pyridine rings is 1. The maximum Gasteiger partial charge on any atom is 0.188 e. The Balaban J connectivity index is 2.96. The Labute approximate surface area is 66.9 Å². The zero-order valence-electron chi connectivity index (χ0n) is 5.41. The Morgan fingerprint density at radius 3 is 3.00 bits per heavy atom. The van der Waals surface area contributed by atoms with E-state index in [2.05, 4.69) is 10.1 Å². The fourth-order valence-corrected chi connectivity index (χ4v) is 1.13. The normalized spacial score (nSPS) is 10.6. The van der Waals surface area contributed by atoms with Crippen molar-refractivity contribution >= 4 is 28.4 Å². The number of fused-ring (bicyclic) bond motifs is 1. The van der Waals surface area contributed by atoms with Crippen LogP contribution in [0.4, 0.5) is 5.82 Å². The van der Waals surface area contributed by atoms with Crippen LogP contribution >= 0.6 is 11.6 Å². The van der Waals surface area contributed by atoms with Crippen molar-refractivity contribution in [3.63, 3.8) is 0 Å². The molecule has 56 valence electrons. The second-order valence-electron chi connectivity index (χ2n) is 2.06. The maximum absolute atomic E-state index is 5.76. The van der Waals surface area contributed by atoms with Gasteiger partial charge >= 0.3 is 0 Å². The third-order valence-electron chi connectivity index (χ3n) is 1.36. The molecule has 2 aromatic heterocycles. The van der Waals surface area contributed by atoms with E-state index in [1.165, 1.54) is 12.4 Å². The van der Waals surface area contributed by atoms with Crippen molar-refractivity contribution in [1.82, 2.24) is 10.1 Å². The summed E-state index contributed by atoms with van der Waals surface area (Å²) in [7, 11) is 0. The first-order valence-electron chi connectivity index (χ1n) is 2.93. The van der Waals surface area contributed by atoms with E-state index in [4.69, 9.17) is 21.9 Å². The van der Waals surface area contributed by atoms with Gasteiger partial charge in [0.25, 0.3) is 0 Å². The lowest BCUT2D eigenvalue weighted by Crippen LogP contribution is -1.84. The molecular formula is C6H4ClN3O. The van der Waals surface area contributed by atoms with Gasteiger partial charge in [0.15, 0.2) is 11.4 Å². The van der Waals surface area contributed by atoms with Gasteiger partial charge in [-0.1, -0.05) is 16.8 Å². The molecule has 0 amide bonds. The number of halogens is 1. The zero-order chi connectivity index (χ0) is 7.84. The largest absolute Gasteiger partial charge is 0.380 e. The first-order valence-corrected chi connectivity index (χ1v) is 3.31. The fourth-order valence-electron chi connectivity index (χ4n) is 0.879. The first-order chi connectivity index (χ1) is 5.29. The van der Waals surface area contributed by atoms with Gasteiger partial charge in [0.2, 0.25) is 0 Å². The predicted octanol–water partition coefficient (Wildman–Crippen LogP) is 1.46. The highest BCUT2D eigenvalue weighted by Gasteiger charge is 2.07. The number of hydrogen-bond acceptors (Lipinski definition) is 4. The number of nitrogens with zero attached hydrogens (tertiary/aromatic N) is 2. The van der Waals surface area contributed by atoms with Crippen molar-refractivity contribution in [3.05, 3.63) is 17.4 Å². The Morgan fingerprint density at radius 2 is 2.27 bits per heavy atom. The fraction of sp³-hybridized carbons (Fsp3) is 0. The smallest absolute Gasteiger partial charge is 0.188 e. The van der Waals surface area contributed by atoms with Gasteiger partial charge in [-0.2, -0.15) is 0 Å². The minimum absolute atomic E-state index is 0.299. The van der Waals surface area contributed by atoms with Crippen molar-refractivity contribution < 1.29 is 4.52 Å². The van der Waals surface area contributed by atoms with Crippen molar-refractivity contribution in [2.75, 3.05) is 5.73 Å². The van der Waals surface area contributed by atoms with Gasteiger partial charge in [-0.3, -0.25) is 4.98 Å². The molecule has 0 spiro atoms. The Hall–Kier alpha value is -1.29. The molecule has 11 heavy (non-hydrogen) atoms. The molecule has 0 atom stereocenters. The van der Waals surface area contributed by atoms with Crippen molar-refractivity contribution in [3.8, 4) is 0 Å². The molecule has 5 heteroatoms. The molecule has 0 aliphatic heterocycles. The van der Waals surface area contributed by atoms with Crippen LogP contribution in [-0.2, 0) is 0 Å². The number of rotatable bonds is 0. The lowest BCUT2D eigenvalue weighted by molar-refractivity contribution is 0.459. The quantitative estimate of drug-likeness (QED) is 0.649. The van der Waals surface area contributed by atoms with Crippen LogP contribution in [0.15, 0.2) is 16.9 Å². The average molecular weight is 170 g/mol. The number of nitrogen functional groups attached to an aromatic ring is 1. The van der Waals surface area contributed by atoms with E-state index in [-0.39, 0.29) is 0 Å². The summed E-state index contributed by atoms with van der Waals surface area (Å²) < 4.78 is 4.81. The maximum atomic E-state index is 5.76. The van der Waals surface area contributed by atoms with Crippen LogP contribution in [0, 0.1) is 0 Å². The molecule has 2 heterocycles. The number of aromatic nitrogens is 2. The summed E-state index contributed by atoms with van der Waals surface area (Å²) in [5.41, 5.74) is 5.97. The van der Waals surface area contributed by atoms with Gasteiger partial charge in [-0.25, -0.2) is 0 Å². The SMILES string of the molecule is Nc1noc2cncc(Cl)c12. The number of anilines is 1. The molecule has 4 nitrogen and oxygen atoms in total.